The molecule has 1 nitrogen and oxygen atoms in total. The van der Waals surface area contributed by atoms with Crippen molar-refractivity contribution in [3.8, 4) is 0 Å². The number of hydrogen-bond donors (Lipinski definition) is 1. The monoisotopic (exact) mass is 313 g/mol. The molecular weight excluding hydrogens is 280 g/mol. The minimum atomic E-state index is -2.38. The van der Waals surface area contributed by atoms with E-state index in [0.29, 0.717) is 17.9 Å². The summed E-state index contributed by atoms with van der Waals surface area (Å²) in [5.74, 6) is -0.302. The summed E-state index contributed by atoms with van der Waals surface area (Å²) < 4.78 is 27.1. The van der Waals surface area contributed by atoms with Crippen LogP contribution >= 0.6 is 0 Å². The zero-order valence-corrected chi connectivity index (χ0v) is 14.0. The smallest absolute Gasteiger partial charge is 0.248 e. The van der Waals surface area contributed by atoms with Crippen LogP contribution in [0.15, 0.2) is 0 Å². The molecule has 3 heteroatoms. The van der Waals surface area contributed by atoms with Crippen LogP contribution in [0.2, 0.25) is 0 Å². The molecule has 3 aliphatic rings. The summed E-state index contributed by atoms with van der Waals surface area (Å²) in [7, 11) is 0. The lowest BCUT2D eigenvalue weighted by Crippen LogP contribution is -2.40. The molecule has 0 aromatic rings. The van der Waals surface area contributed by atoms with Gasteiger partial charge >= 0.3 is 0 Å². The van der Waals surface area contributed by atoms with Gasteiger partial charge < -0.3 is 5.32 Å². The first-order valence-electron chi connectivity index (χ1n) is 9.75. The molecule has 1 aliphatic heterocycles. The van der Waals surface area contributed by atoms with Gasteiger partial charge in [0.15, 0.2) is 0 Å². The van der Waals surface area contributed by atoms with E-state index in [1.165, 1.54) is 57.8 Å². The molecule has 1 N–H and O–H groups in total. The number of piperidine rings is 1. The minimum absolute atomic E-state index is 0.138. The van der Waals surface area contributed by atoms with Crippen molar-refractivity contribution in [3.63, 3.8) is 0 Å². The van der Waals surface area contributed by atoms with Crippen LogP contribution < -0.4 is 5.32 Å². The Labute approximate surface area is 134 Å². The van der Waals surface area contributed by atoms with Gasteiger partial charge in [-0.15, -0.1) is 0 Å². The van der Waals surface area contributed by atoms with Gasteiger partial charge in [0.05, 0.1) is 0 Å². The summed E-state index contributed by atoms with van der Waals surface area (Å²) in [6.45, 7) is 1.16. The molecule has 0 aromatic carbocycles. The molecule has 3 rings (SSSR count). The predicted octanol–water partition coefficient (Wildman–Crippen LogP) is 5.54. The SMILES string of the molecule is FC1(F)CCC([C@H](C[C@H]2CCCCN2)C2CCCCC2)CC1. The van der Waals surface area contributed by atoms with Gasteiger partial charge in [0.25, 0.3) is 0 Å². The highest BCUT2D eigenvalue weighted by Gasteiger charge is 2.40. The van der Waals surface area contributed by atoms with E-state index < -0.39 is 5.92 Å². The molecule has 3 fully saturated rings. The highest BCUT2D eigenvalue weighted by atomic mass is 19.3. The van der Waals surface area contributed by atoms with Gasteiger partial charge in [0.2, 0.25) is 5.92 Å². The zero-order chi connectivity index (χ0) is 15.4. The van der Waals surface area contributed by atoms with Crippen molar-refractivity contribution in [3.05, 3.63) is 0 Å². The Balaban J connectivity index is 1.62. The van der Waals surface area contributed by atoms with Crippen molar-refractivity contribution in [1.29, 1.82) is 0 Å². The van der Waals surface area contributed by atoms with Gasteiger partial charge in [0.1, 0.15) is 0 Å². The van der Waals surface area contributed by atoms with E-state index >= 15 is 0 Å². The van der Waals surface area contributed by atoms with Crippen molar-refractivity contribution >= 4 is 0 Å². The number of nitrogens with one attached hydrogen (secondary N) is 1. The fraction of sp³-hybridized carbons (Fsp3) is 1.00. The van der Waals surface area contributed by atoms with Crippen LogP contribution in [0, 0.1) is 17.8 Å². The summed E-state index contributed by atoms with van der Waals surface area (Å²) in [6, 6.07) is 0.656. The van der Waals surface area contributed by atoms with Crippen LogP contribution in [0.25, 0.3) is 0 Å². The van der Waals surface area contributed by atoms with Gasteiger partial charge in [-0.05, 0) is 56.4 Å². The Morgan fingerprint density at radius 1 is 0.818 bits per heavy atom. The number of hydrogen-bond acceptors (Lipinski definition) is 1. The summed E-state index contributed by atoms with van der Waals surface area (Å²) in [5, 5.41) is 3.70. The van der Waals surface area contributed by atoms with Crippen molar-refractivity contribution in [2.45, 2.75) is 95.4 Å². The highest BCUT2D eigenvalue weighted by molar-refractivity contribution is 4.88. The van der Waals surface area contributed by atoms with Crippen molar-refractivity contribution in [2.24, 2.45) is 17.8 Å². The Morgan fingerprint density at radius 3 is 2.09 bits per heavy atom. The molecule has 1 saturated heterocycles. The molecule has 0 amide bonds. The molecule has 2 saturated carbocycles. The highest BCUT2D eigenvalue weighted by Crippen LogP contribution is 2.46. The Bertz CT molecular complexity index is 322. The van der Waals surface area contributed by atoms with E-state index in [1.807, 2.05) is 0 Å². The molecule has 2 aliphatic carbocycles. The number of alkyl halides is 2. The Hall–Kier alpha value is -0.180. The quantitative estimate of drug-likeness (QED) is 0.718. The maximum Gasteiger partial charge on any atom is 0.248 e. The molecule has 128 valence electrons. The second kappa shape index (κ2) is 7.59. The molecule has 0 spiro atoms. The third kappa shape index (κ3) is 4.43. The van der Waals surface area contributed by atoms with Crippen molar-refractivity contribution in [2.75, 3.05) is 6.54 Å². The number of rotatable bonds is 4. The maximum absolute atomic E-state index is 13.5. The largest absolute Gasteiger partial charge is 0.314 e. The van der Waals surface area contributed by atoms with Crippen LogP contribution in [-0.2, 0) is 0 Å². The topological polar surface area (TPSA) is 12.0 Å². The third-order valence-electron chi connectivity index (χ3n) is 6.59. The van der Waals surface area contributed by atoms with Crippen LogP contribution in [0.1, 0.15) is 83.5 Å². The molecule has 22 heavy (non-hydrogen) atoms. The molecule has 0 bridgehead atoms. The van der Waals surface area contributed by atoms with Gasteiger partial charge in [0, 0.05) is 18.9 Å². The lowest BCUT2D eigenvalue weighted by molar-refractivity contribution is -0.0585. The molecular formula is C19H33F2N. The average Bonchev–Trinajstić information content (AvgIpc) is 2.55. The molecule has 0 unspecified atom stereocenters. The molecule has 0 radical (unpaired) electrons. The summed E-state index contributed by atoms with van der Waals surface area (Å²) in [6.07, 6.45) is 13.8. The summed E-state index contributed by atoms with van der Waals surface area (Å²) >= 11 is 0. The third-order valence-corrected chi connectivity index (χ3v) is 6.59. The molecule has 2 atom stereocenters. The van der Waals surface area contributed by atoms with E-state index in [-0.39, 0.29) is 12.8 Å². The molecule has 0 aromatic heterocycles. The maximum atomic E-state index is 13.5. The standard InChI is InChI=1S/C19H33F2N/c20-19(21)11-9-16(10-12-19)18(15-6-2-1-3-7-15)14-17-8-4-5-13-22-17/h15-18,22H,1-14H2/t17-,18-/m1/s1. The van der Waals surface area contributed by atoms with E-state index in [4.69, 9.17) is 0 Å². The predicted molar refractivity (Wildman–Crippen MR) is 87.2 cm³/mol. The first kappa shape index (κ1) is 16.7. The van der Waals surface area contributed by atoms with Gasteiger partial charge in [-0.1, -0.05) is 38.5 Å². The van der Waals surface area contributed by atoms with E-state index in [9.17, 15) is 8.78 Å². The van der Waals surface area contributed by atoms with E-state index in [1.54, 1.807) is 0 Å². The van der Waals surface area contributed by atoms with Crippen LogP contribution in [0.4, 0.5) is 8.78 Å². The van der Waals surface area contributed by atoms with E-state index in [0.717, 1.165) is 25.3 Å². The fourth-order valence-electron chi connectivity index (χ4n) is 5.28. The van der Waals surface area contributed by atoms with Gasteiger partial charge in [-0.2, -0.15) is 0 Å². The average molecular weight is 313 g/mol. The first-order valence-corrected chi connectivity index (χ1v) is 9.75. The van der Waals surface area contributed by atoms with E-state index in [2.05, 4.69) is 5.32 Å². The second-order valence-corrected chi connectivity index (χ2v) is 8.14. The lowest BCUT2D eigenvalue weighted by Gasteiger charge is -2.41. The Morgan fingerprint density at radius 2 is 1.45 bits per heavy atom. The lowest BCUT2D eigenvalue weighted by atomic mass is 9.66. The minimum Gasteiger partial charge on any atom is -0.314 e. The van der Waals surface area contributed by atoms with Crippen LogP contribution in [-0.4, -0.2) is 18.5 Å². The fourth-order valence-corrected chi connectivity index (χ4v) is 5.28. The molecule has 1 heterocycles. The van der Waals surface area contributed by atoms with Crippen molar-refractivity contribution in [1.82, 2.24) is 5.32 Å². The number of halogens is 2. The van der Waals surface area contributed by atoms with Crippen LogP contribution in [0.5, 0.6) is 0 Å². The van der Waals surface area contributed by atoms with Gasteiger partial charge in [-0.3, -0.25) is 0 Å². The van der Waals surface area contributed by atoms with Gasteiger partial charge in [-0.25, -0.2) is 8.78 Å². The first-order chi connectivity index (χ1) is 10.6. The second-order valence-electron chi connectivity index (χ2n) is 8.14. The van der Waals surface area contributed by atoms with Crippen LogP contribution in [0.3, 0.4) is 0 Å². The van der Waals surface area contributed by atoms with Crippen molar-refractivity contribution < 1.29 is 8.78 Å². The Kier molecular flexibility index (Phi) is 5.75. The normalized spacial score (nSPS) is 32.7. The summed E-state index contributed by atoms with van der Waals surface area (Å²) in [5.41, 5.74) is 0. The summed E-state index contributed by atoms with van der Waals surface area (Å²) in [4.78, 5) is 0. The zero-order valence-electron chi connectivity index (χ0n) is 14.0.